The number of halogens is 1. The molecule has 0 N–H and O–H groups in total. The number of hydrogen-bond donors (Lipinski definition) is 0. The monoisotopic (exact) mass is 525 g/mol. The van der Waals surface area contributed by atoms with Crippen LogP contribution in [0.2, 0.25) is 0 Å². The van der Waals surface area contributed by atoms with Gasteiger partial charge in [-0.1, -0.05) is 37.3 Å². The van der Waals surface area contributed by atoms with Crippen LogP contribution in [0.1, 0.15) is 13.8 Å². The molecule has 1 amide bonds. The number of benzene rings is 2. The van der Waals surface area contributed by atoms with E-state index in [1.807, 2.05) is 12.1 Å². The van der Waals surface area contributed by atoms with Crippen LogP contribution in [0.25, 0.3) is 10.2 Å². The largest absolute Gasteiger partial charge is 0.485 e. The van der Waals surface area contributed by atoms with Crippen molar-refractivity contribution in [3.05, 3.63) is 42.5 Å². The molecule has 0 radical (unpaired) electrons. The Morgan fingerprint density at radius 3 is 2.50 bits per heavy atom. The van der Waals surface area contributed by atoms with E-state index in [9.17, 15) is 13.2 Å². The normalized spacial score (nSPS) is 15.2. The number of fused-ring (bicyclic) bond motifs is 2. The van der Waals surface area contributed by atoms with Crippen LogP contribution in [0, 0.1) is 0 Å². The highest BCUT2D eigenvalue weighted by atomic mass is 35.5. The average Bonchev–Trinajstić information content (AvgIpc) is 3.23. The maximum atomic E-state index is 13.6. The molecule has 2 heterocycles. The molecule has 1 aliphatic heterocycles. The lowest BCUT2D eigenvalue weighted by Crippen LogP contribution is -2.48. The molecule has 0 bridgehead atoms. The number of hydrogen-bond acceptors (Lipinski definition) is 8. The summed E-state index contributed by atoms with van der Waals surface area (Å²) in [5.41, 5.74) is 0.647. The van der Waals surface area contributed by atoms with E-state index < -0.39 is 15.9 Å². The molecular formula is C23H28ClN3O5S2. The maximum absolute atomic E-state index is 13.6. The number of amides is 1. The number of anilines is 1. The lowest BCUT2D eigenvalue weighted by molar-refractivity contribution is -0.127. The highest BCUT2D eigenvalue weighted by Gasteiger charge is 2.33. The van der Waals surface area contributed by atoms with E-state index in [0.717, 1.165) is 13.1 Å². The minimum atomic E-state index is -3.34. The third kappa shape index (κ3) is 5.63. The van der Waals surface area contributed by atoms with Crippen molar-refractivity contribution < 1.29 is 22.7 Å². The fraction of sp³-hybridized carbons (Fsp3) is 0.391. The summed E-state index contributed by atoms with van der Waals surface area (Å²) >= 11 is 1.30. The second-order valence-corrected chi connectivity index (χ2v) is 10.8. The van der Waals surface area contributed by atoms with Gasteiger partial charge in [0.15, 0.2) is 26.5 Å². The Labute approximate surface area is 209 Å². The van der Waals surface area contributed by atoms with Gasteiger partial charge in [-0.25, -0.2) is 13.4 Å². The minimum absolute atomic E-state index is 0. The van der Waals surface area contributed by atoms with E-state index in [1.54, 1.807) is 29.2 Å². The van der Waals surface area contributed by atoms with E-state index in [1.165, 1.54) is 23.7 Å². The van der Waals surface area contributed by atoms with Crippen LogP contribution in [0.3, 0.4) is 0 Å². The maximum Gasteiger partial charge on any atom is 0.273 e. The molecule has 4 rings (SSSR count). The van der Waals surface area contributed by atoms with Gasteiger partial charge in [0.05, 0.1) is 15.1 Å². The topological polar surface area (TPSA) is 89.0 Å². The van der Waals surface area contributed by atoms with Gasteiger partial charge in [-0.2, -0.15) is 0 Å². The van der Waals surface area contributed by atoms with Crippen molar-refractivity contribution in [2.45, 2.75) is 24.8 Å². The van der Waals surface area contributed by atoms with Gasteiger partial charge in [-0.3, -0.25) is 9.69 Å². The van der Waals surface area contributed by atoms with Crippen LogP contribution in [-0.2, 0) is 14.6 Å². The predicted molar refractivity (Wildman–Crippen MR) is 136 cm³/mol. The van der Waals surface area contributed by atoms with Gasteiger partial charge in [-0.15, -0.1) is 12.4 Å². The van der Waals surface area contributed by atoms with Crippen LogP contribution in [0.15, 0.2) is 47.4 Å². The highest BCUT2D eigenvalue weighted by Crippen LogP contribution is 2.34. The Bertz CT molecular complexity index is 1260. The zero-order valence-electron chi connectivity index (χ0n) is 19.3. The van der Waals surface area contributed by atoms with E-state index in [0.29, 0.717) is 39.9 Å². The number of sulfone groups is 1. The number of thiazole rings is 1. The van der Waals surface area contributed by atoms with Crippen molar-refractivity contribution in [1.29, 1.82) is 0 Å². The van der Waals surface area contributed by atoms with Crippen LogP contribution in [0.5, 0.6) is 11.5 Å². The first-order valence-corrected chi connectivity index (χ1v) is 13.5. The number of nitrogens with zero attached hydrogens (tertiary/aromatic N) is 3. The molecule has 0 saturated heterocycles. The third-order valence-electron chi connectivity index (χ3n) is 5.59. The molecule has 184 valence electrons. The standard InChI is InChI=1S/C23H27N3O5S2.ClH/c1-4-25(5-2)12-13-26(22(27)20-15-30-18-8-6-7-9-19(18)31-20)23-24-17-11-10-16(33(3,28)29)14-21(17)32-23;/h6-11,14,20H,4-5,12-13,15H2,1-3H3;1H. The molecule has 0 spiro atoms. The van der Waals surface area contributed by atoms with Gasteiger partial charge in [0.2, 0.25) is 6.10 Å². The molecule has 11 heteroatoms. The summed E-state index contributed by atoms with van der Waals surface area (Å²) in [6, 6.07) is 12.1. The second kappa shape index (κ2) is 10.9. The zero-order valence-corrected chi connectivity index (χ0v) is 21.7. The first-order chi connectivity index (χ1) is 15.8. The van der Waals surface area contributed by atoms with Crippen molar-refractivity contribution >= 4 is 54.8 Å². The number of carbonyl (C=O) groups is 1. The number of rotatable bonds is 8. The summed E-state index contributed by atoms with van der Waals surface area (Å²) in [7, 11) is -3.34. The van der Waals surface area contributed by atoms with Crippen LogP contribution < -0.4 is 14.4 Å². The highest BCUT2D eigenvalue weighted by molar-refractivity contribution is 7.90. The fourth-order valence-electron chi connectivity index (χ4n) is 3.64. The molecule has 0 aliphatic carbocycles. The summed E-state index contributed by atoms with van der Waals surface area (Å²) in [6.07, 6.45) is 0.379. The van der Waals surface area contributed by atoms with Crippen molar-refractivity contribution in [3.8, 4) is 11.5 Å². The number of para-hydroxylation sites is 2. The SMILES string of the molecule is CCN(CC)CCN(C(=O)C1COc2ccccc2O1)c1nc2ccc(S(C)(=O)=O)cc2s1.Cl. The lowest BCUT2D eigenvalue weighted by Gasteiger charge is -2.30. The molecule has 8 nitrogen and oxygen atoms in total. The number of ether oxygens (including phenoxy) is 2. The molecule has 2 aromatic carbocycles. The molecule has 1 aliphatic rings. The summed E-state index contributed by atoms with van der Waals surface area (Å²) < 4.78 is 36.3. The van der Waals surface area contributed by atoms with E-state index in [4.69, 9.17) is 9.47 Å². The Hall–Kier alpha value is -2.40. The zero-order chi connectivity index (χ0) is 23.6. The van der Waals surface area contributed by atoms with Crippen LogP contribution >= 0.6 is 23.7 Å². The molecule has 34 heavy (non-hydrogen) atoms. The summed E-state index contributed by atoms with van der Waals surface area (Å²) in [5, 5.41) is 0.510. The Kier molecular flexibility index (Phi) is 8.40. The molecular weight excluding hydrogens is 498 g/mol. The molecule has 1 atom stereocenters. The molecule has 1 aromatic heterocycles. The van der Waals surface area contributed by atoms with Gasteiger partial charge in [-0.05, 0) is 43.4 Å². The van der Waals surface area contributed by atoms with Gasteiger partial charge >= 0.3 is 0 Å². The van der Waals surface area contributed by atoms with Crippen molar-refractivity contribution in [2.24, 2.45) is 0 Å². The average molecular weight is 526 g/mol. The number of aromatic nitrogens is 1. The Morgan fingerprint density at radius 1 is 1.12 bits per heavy atom. The first kappa shape index (κ1) is 26.2. The van der Waals surface area contributed by atoms with Crippen LogP contribution in [-0.4, -0.2) is 69.4 Å². The van der Waals surface area contributed by atoms with E-state index in [-0.39, 0.29) is 29.8 Å². The lowest BCUT2D eigenvalue weighted by atomic mass is 10.2. The van der Waals surface area contributed by atoms with E-state index >= 15 is 0 Å². The number of likely N-dealkylation sites (N-methyl/N-ethyl adjacent to an activating group) is 1. The minimum Gasteiger partial charge on any atom is -0.485 e. The van der Waals surface area contributed by atoms with Gasteiger partial charge < -0.3 is 14.4 Å². The molecule has 1 unspecified atom stereocenters. The van der Waals surface area contributed by atoms with Crippen molar-refractivity contribution in [1.82, 2.24) is 9.88 Å². The van der Waals surface area contributed by atoms with E-state index in [2.05, 4.69) is 23.7 Å². The Morgan fingerprint density at radius 2 is 1.82 bits per heavy atom. The fourth-order valence-corrected chi connectivity index (χ4v) is 5.39. The van der Waals surface area contributed by atoms with Gasteiger partial charge in [0.25, 0.3) is 5.91 Å². The summed E-state index contributed by atoms with van der Waals surface area (Å²) in [4.78, 5) is 22.3. The molecule has 0 fully saturated rings. The predicted octanol–water partition coefficient (Wildman–Crippen LogP) is 3.64. The van der Waals surface area contributed by atoms with Gasteiger partial charge in [0, 0.05) is 19.3 Å². The third-order valence-corrected chi connectivity index (χ3v) is 7.74. The molecule has 3 aromatic rings. The molecule has 0 saturated carbocycles. The van der Waals surface area contributed by atoms with Crippen molar-refractivity contribution in [3.63, 3.8) is 0 Å². The smallest absolute Gasteiger partial charge is 0.273 e. The first-order valence-electron chi connectivity index (χ1n) is 10.8. The summed E-state index contributed by atoms with van der Waals surface area (Å²) in [5.74, 6) is 0.913. The second-order valence-electron chi connectivity index (χ2n) is 7.78. The number of carbonyl (C=O) groups excluding carboxylic acids is 1. The quantitative estimate of drug-likeness (QED) is 0.443. The van der Waals surface area contributed by atoms with Crippen LogP contribution in [0.4, 0.5) is 5.13 Å². The Balaban J connectivity index is 0.00000324. The summed E-state index contributed by atoms with van der Waals surface area (Å²) in [6.45, 7) is 7.11. The van der Waals surface area contributed by atoms with Gasteiger partial charge in [0.1, 0.15) is 6.61 Å². The van der Waals surface area contributed by atoms with Crippen molar-refractivity contribution in [2.75, 3.05) is 43.9 Å².